The highest BCUT2D eigenvalue weighted by Gasteiger charge is 2.40. The van der Waals surface area contributed by atoms with E-state index in [0.717, 1.165) is 30.7 Å². The molecule has 1 unspecified atom stereocenters. The summed E-state index contributed by atoms with van der Waals surface area (Å²) in [5.74, 6) is 0.370. The minimum atomic E-state index is -0.314. The summed E-state index contributed by atoms with van der Waals surface area (Å²) in [5, 5.41) is 3.07. The van der Waals surface area contributed by atoms with Gasteiger partial charge in [0.05, 0.1) is 19.8 Å². The van der Waals surface area contributed by atoms with Crippen LogP contribution in [0.5, 0.6) is 0 Å². The van der Waals surface area contributed by atoms with Gasteiger partial charge >= 0.3 is 6.03 Å². The molecule has 3 rings (SSSR count). The van der Waals surface area contributed by atoms with E-state index in [4.69, 9.17) is 9.47 Å². The van der Waals surface area contributed by atoms with Crippen molar-refractivity contribution in [2.24, 2.45) is 0 Å². The molecule has 5 nitrogen and oxygen atoms in total. The van der Waals surface area contributed by atoms with Gasteiger partial charge in [-0.05, 0) is 30.4 Å². The Morgan fingerprint density at radius 2 is 2.13 bits per heavy atom. The van der Waals surface area contributed by atoms with Crippen LogP contribution in [0.3, 0.4) is 0 Å². The average molecular weight is 318 g/mol. The van der Waals surface area contributed by atoms with Crippen LogP contribution in [0.15, 0.2) is 24.3 Å². The van der Waals surface area contributed by atoms with E-state index in [-0.39, 0.29) is 11.6 Å². The molecule has 2 amide bonds. The Kier molecular flexibility index (Phi) is 4.87. The fraction of sp³-hybridized carbons (Fsp3) is 0.611. The first kappa shape index (κ1) is 16.3. The summed E-state index contributed by atoms with van der Waals surface area (Å²) >= 11 is 0. The van der Waals surface area contributed by atoms with Gasteiger partial charge < -0.3 is 19.7 Å². The predicted octanol–water partition coefficient (Wildman–Crippen LogP) is 3.22. The lowest BCUT2D eigenvalue weighted by atomic mass is 9.94. The molecule has 0 radical (unpaired) electrons. The number of nitrogens with zero attached hydrogens (tertiary/aromatic N) is 1. The quantitative estimate of drug-likeness (QED) is 0.911. The number of nitrogens with one attached hydrogen (secondary N) is 1. The van der Waals surface area contributed by atoms with Crippen molar-refractivity contribution >= 4 is 11.7 Å². The number of ether oxygens (including phenoxy) is 2. The Morgan fingerprint density at radius 1 is 1.30 bits per heavy atom. The number of carbonyl (C=O) groups excluding carboxylic acids is 1. The van der Waals surface area contributed by atoms with E-state index in [1.807, 2.05) is 23.1 Å². The minimum absolute atomic E-state index is 0.0497. The van der Waals surface area contributed by atoms with Crippen LogP contribution in [0.4, 0.5) is 10.5 Å². The number of rotatable bonds is 2. The second-order valence-corrected chi connectivity index (χ2v) is 6.78. The number of carbonyl (C=O) groups is 1. The van der Waals surface area contributed by atoms with E-state index in [2.05, 4.69) is 25.2 Å². The van der Waals surface area contributed by atoms with Crippen LogP contribution >= 0.6 is 0 Å². The van der Waals surface area contributed by atoms with Crippen molar-refractivity contribution < 1.29 is 14.3 Å². The fourth-order valence-electron chi connectivity index (χ4n) is 3.39. The predicted molar refractivity (Wildman–Crippen MR) is 89.9 cm³/mol. The standard InChI is InChI=1S/C18H26N2O3/c1-14(2)15-6-3-4-7-16(15)19-17(21)20-9-11-23-18(12-20)8-5-10-22-13-18/h3-4,6-7,14H,5,8-13H2,1-2H3,(H,19,21). The first-order valence-electron chi connectivity index (χ1n) is 8.46. The third kappa shape index (κ3) is 3.67. The molecule has 0 aliphatic carbocycles. The molecule has 2 heterocycles. The molecule has 0 aromatic heterocycles. The summed E-state index contributed by atoms with van der Waals surface area (Å²) < 4.78 is 11.5. The maximum absolute atomic E-state index is 12.7. The maximum Gasteiger partial charge on any atom is 0.322 e. The van der Waals surface area contributed by atoms with Crippen LogP contribution < -0.4 is 5.32 Å². The number of benzene rings is 1. The lowest BCUT2D eigenvalue weighted by Crippen LogP contribution is -2.58. The molecule has 1 atom stereocenters. The van der Waals surface area contributed by atoms with Crippen molar-refractivity contribution in [3.05, 3.63) is 29.8 Å². The third-order valence-electron chi connectivity index (χ3n) is 4.65. The van der Waals surface area contributed by atoms with E-state index < -0.39 is 0 Å². The van der Waals surface area contributed by atoms with E-state index >= 15 is 0 Å². The van der Waals surface area contributed by atoms with Crippen molar-refractivity contribution in [1.29, 1.82) is 0 Å². The molecule has 1 aromatic carbocycles. The number of anilines is 1. The normalized spacial score (nSPS) is 24.9. The lowest BCUT2D eigenvalue weighted by molar-refractivity contribution is -0.159. The second kappa shape index (κ2) is 6.89. The third-order valence-corrected chi connectivity index (χ3v) is 4.65. The van der Waals surface area contributed by atoms with Gasteiger partial charge in [-0.1, -0.05) is 32.0 Å². The molecule has 1 aromatic rings. The van der Waals surface area contributed by atoms with E-state index in [0.29, 0.717) is 32.2 Å². The fourth-order valence-corrected chi connectivity index (χ4v) is 3.39. The molecular weight excluding hydrogens is 292 g/mol. The highest BCUT2D eigenvalue weighted by atomic mass is 16.5. The van der Waals surface area contributed by atoms with E-state index in [9.17, 15) is 4.79 Å². The van der Waals surface area contributed by atoms with E-state index in [1.54, 1.807) is 0 Å². The molecule has 2 saturated heterocycles. The Hall–Kier alpha value is -1.59. The van der Waals surface area contributed by atoms with Gasteiger partial charge in [-0.3, -0.25) is 0 Å². The summed E-state index contributed by atoms with van der Waals surface area (Å²) in [5.41, 5.74) is 1.74. The van der Waals surface area contributed by atoms with E-state index in [1.165, 1.54) is 0 Å². The summed E-state index contributed by atoms with van der Waals surface area (Å²) in [7, 11) is 0. The second-order valence-electron chi connectivity index (χ2n) is 6.78. The Labute approximate surface area is 137 Å². The number of hydrogen-bond donors (Lipinski definition) is 1. The number of urea groups is 1. The summed E-state index contributed by atoms with van der Waals surface area (Å²) in [4.78, 5) is 14.5. The molecule has 5 heteroatoms. The van der Waals surface area contributed by atoms with Crippen LogP contribution in [0.25, 0.3) is 0 Å². The molecule has 0 saturated carbocycles. The van der Waals surface area contributed by atoms with Gasteiger partial charge in [0.15, 0.2) is 0 Å². The topological polar surface area (TPSA) is 50.8 Å². The van der Waals surface area contributed by atoms with Crippen molar-refractivity contribution in [3.8, 4) is 0 Å². The molecule has 1 N–H and O–H groups in total. The lowest BCUT2D eigenvalue weighted by Gasteiger charge is -2.44. The largest absolute Gasteiger partial charge is 0.378 e. The smallest absolute Gasteiger partial charge is 0.322 e. The number of morpholine rings is 1. The first-order chi connectivity index (χ1) is 11.1. The monoisotopic (exact) mass is 318 g/mol. The molecule has 0 bridgehead atoms. The zero-order valence-corrected chi connectivity index (χ0v) is 14.0. The number of para-hydroxylation sites is 1. The average Bonchev–Trinajstić information content (AvgIpc) is 2.56. The highest BCUT2D eigenvalue weighted by molar-refractivity contribution is 5.90. The van der Waals surface area contributed by atoms with Gasteiger partial charge in [-0.2, -0.15) is 0 Å². The molecule has 126 valence electrons. The van der Waals surface area contributed by atoms with Crippen LogP contribution in [0.1, 0.15) is 38.2 Å². The number of hydrogen-bond acceptors (Lipinski definition) is 3. The maximum atomic E-state index is 12.7. The summed E-state index contributed by atoms with van der Waals surface area (Å²) in [6, 6.07) is 7.94. The van der Waals surface area contributed by atoms with Gasteiger partial charge in [0, 0.05) is 18.8 Å². The van der Waals surface area contributed by atoms with Gasteiger partial charge in [-0.25, -0.2) is 4.79 Å². The van der Waals surface area contributed by atoms with Crippen LogP contribution in [0, 0.1) is 0 Å². The Bertz CT molecular complexity index is 547. The Balaban J connectivity index is 1.68. The Morgan fingerprint density at radius 3 is 2.87 bits per heavy atom. The molecule has 1 spiro atoms. The van der Waals surface area contributed by atoms with Crippen molar-refractivity contribution in [1.82, 2.24) is 4.90 Å². The zero-order valence-electron chi connectivity index (χ0n) is 14.0. The first-order valence-corrected chi connectivity index (χ1v) is 8.46. The molecule has 2 aliphatic heterocycles. The minimum Gasteiger partial charge on any atom is -0.378 e. The molecular formula is C18H26N2O3. The molecule has 23 heavy (non-hydrogen) atoms. The summed E-state index contributed by atoms with van der Waals surface area (Å²) in [6.45, 7) is 7.43. The SMILES string of the molecule is CC(C)c1ccccc1NC(=O)N1CCOC2(CCCOC2)C1. The zero-order chi connectivity index (χ0) is 16.3. The highest BCUT2D eigenvalue weighted by Crippen LogP contribution is 2.29. The van der Waals surface area contributed by atoms with Gasteiger partial charge in [0.1, 0.15) is 5.60 Å². The van der Waals surface area contributed by atoms with Crippen molar-refractivity contribution in [3.63, 3.8) is 0 Å². The van der Waals surface area contributed by atoms with Crippen LogP contribution in [-0.4, -0.2) is 49.4 Å². The molecule has 2 fully saturated rings. The van der Waals surface area contributed by atoms with Crippen molar-refractivity contribution in [2.75, 3.05) is 38.2 Å². The summed E-state index contributed by atoms with van der Waals surface area (Å²) in [6.07, 6.45) is 1.95. The van der Waals surface area contributed by atoms with Gasteiger partial charge in [0.2, 0.25) is 0 Å². The van der Waals surface area contributed by atoms with Crippen LogP contribution in [0.2, 0.25) is 0 Å². The van der Waals surface area contributed by atoms with Crippen molar-refractivity contribution in [2.45, 2.75) is 38.2 Å². The van der Waals surface area contributed by atoms with Gasteiger partial charge in [-0.15, -0.1) is 0 Å². The van der Waals surface area contributed by atoms with Gasteiger partial charge in [0.25, 0.3) is 0 Å². The molecule has 2 aliphatic rings. The van der Waals surface area contributed by atoms with Crippen LogP contribution in [-0.2, 0) is 9.47 Å². The number of amides is 2.